The van der Waals surface area contributed by atoms with E-state index in [1.807, 2.05) is 0 Å². The molecule has 120 valence electrons. The summed E-state index contributed by atoms with van der Waals surface area (Å²) in [6, 6.07) is 0. The summed E-state index contributed by atoms with van der Waals surface area (Å²) in [5, 5.41) is 0. The third-order valence-electron chi connectivity index (χ3n) is 4.84. The molecule has 4 heteroatoms. The molecule has 0 saturated carbocycles. The molecule has 3 saturated heterocycles. The van der Waals surface area contributed by atoms with Gasteiger partial charge in [-0.3, -0.25) is 0 Å². The van der Waals surface area contributed by atoms with Crippen LogP contribution in [0.15, 0.2) is 0 Å². The van der Waals surface area contributed by atoms with Crippen molar-refractivity contribution in [3.05, 3.63) is 0 Å². The average molecular weight is 304 g/mol. The summed E-state index contributed by atoms with van der Waals surface area (Å²) in [6.45, 7) is 6.50. The fraction of sp³-hybridized carbons (Fsp3) is 1.00. The molecule has 2 bridgehead atoms. The summed E-state index contributed by atoms with van der Waals surface area (Å²) in [4.78, 5) is 0. The fourth-order valence-corrected chi connectivity index (χ4v) is 6.75. The Kier molecular flexibility index (Phi) is 5.51. The summed E-state index contributed by atoms with van der Waals surface area (Å²) in [6.07, 6.45) is 14.8. The van der Waals surface area contributed by atoms with Crippen molar-refractivity contribution in [3.8, 4) is 0 Å². The number of unbranched alkanes of at least 4 members (excludes halogenated alkanes) is 8. The van der Waals surface area contributed by atoms with E-state index >= 15 is 0 Å². The zero-order valence-corrected chi connectivity index (χ0v) is 14.6. The van der Waals surface area contributed by atoms with Gasteiger partial charge in [-0.15, -0.1) is 0 Å². The van der Waals surface area contributed by atoms with Crippen LogP contribution in [0.25, 0.3) is 0 Å². The normalized spacial score (nSPS) is 30.9. The van der Waals surface area contributed by atoms with Crippen molar-refractivity contribution in [1.82, 2.24) is 0 Å². The van der Waals surface area contributed by atoms with Crippen LogP contribution in [0.2, 0.25) is 0 Å². The van der Waals surface area contributed by atoms with Gasteiger partial charge in [0.2, 0.25) is 0 Å². The Morgan fingerprint density at radius 1 is 0.650 bits per heavy atom. The molecule has 20 heavy (non-hydrogen) atoms. The molecule has 3 aliphatic heterocycles. The van der Waals surface area contributed by atoms with Crippen LogP contribution in [0.4, 0.5) is 0 Å². The summed E-state index contributed by atoms with van der Waals surface area (Å²) in [5.74, 6) is -0.606. The van der Waals surface area contributed by atoms with Gasteiger partial charge in [0.15, 0.2) is 0 Å². The van der Waals surface area contributed by atoms with Crippen molar-refractivity contribution in [3.63, 3.8) is 0 Å². The Labute approximate surface area is 124 Å². The second-order valence-corrected chi connectivity index (χ2v) is 10.6. The molecular formula is C16H33O3P. The number of hydrogen-bond donors (Lipinski definition) is 0. The molecule has 3 rings (SSSR count). The van der Waals surface area contributed by atoms with Gasteiger partial charge in [0.05, 0.1) is 0 Å². The van der Waals surface area contributed by atoms with Crippen molar-refractivity contribution in [2.24, 2.45) is 0 Å². The van der Waals surface area contributed by atoms with Gasteiger partial charge in [0.25, 0.3) is 0 Å². The van der Waals surface area contributed by atoms with E-state index in [0.717, 1.165) is 25.2 Å². The fourth-order valence-electron chi connectivity index (χ4n) is 3.35. The minimum absolute atomic E-state index is 0.606. The number of rotatable bonds is 12. The maximum absolute atomic E-state index is 6.05. The monoisotopic (exact) mass is 304 g/mol. The van der Waals surface area contributed by atoms with E-state index < -0.39 is 13.3 Å². The Morgan fingerprint density at radius 3 is 1.55 bits per heavy atom. The van der Waals surface area contributed by atoms with E-state index in [0.29, 0.717) is 0 Å². The first-order valence-electron chi connectivity index (χ1n) is 8.77. The Bertz CT molecular complexity index is 288. The van der Waals surface area contributed by atoms with E-state index in [-0.39, 0.29) is 0 Å². The van der Waals surface area contributed by atoms with Crippen LogP contribution in [-0.4, -0.2) is 18.3 Å². The maximum atomic E-state index is 6.05. The predicted molar refractivity (Wildman–Crippen MR) is 85.8 cm³/mol. The van der Waals surface area contributed by atoms with Crippen molar-refractivity contribution < 1.29 is 13.6 Å². The predicted octanol–water partition coefficient (Wildman–Crippen LogP) is 5.98. The van der Waals surface area contributed by atoms with Gasteiger partial charge in [0.1, 0.15) is 0 Å². The molecule has 3 fully saturated rings. The third-order valence-corrected chi connectivity index (χ3v) is 9.34. The third kappa shape index (κ3) is 3.21. The van der Waals surface area contributed by atoms with Gasteiger partial charge in [-0.1, -0.05) is 6.92 Å². The SMILES string of the molecule is CCCCCCCCCCCC12OP(CC)(CC)(O1)O2. The van der Waals surface area contributed by atoms with E-state index in [1.54, 1.807) is 0 Å². The van der Waals surface area contributed by atoms with Gasteiger partial charge < -0.3 is 0 Å². The molecule has 0 N–H and O–H groups in total. The Hall–Kier alpha value is 0.310. The first kappa shape index (κ1) is 16.7. The first-order valence-corrected chi connectivity index (χ1v) is 11.1. The molecule has 3 heterocycles. The Morgan fingerprint density at radius 2 is 1.10 bits per heavy atom. The molecule has 0 amide bonds. The first-order chi connectivity index (χ1) is 9.62. The van der Waals surface area contributed by atoms with Gasteiger partial charge in [-0.05, 0) is 0 Å². The van der Waals surface area contributed by atoms with Gasteiger partial charge in [0, 0.05) is 0 Å². The zero-order chi connectivity index (χ0) is 14.6. The van der Waals surface area contributed by atoms with Crippen molar-refractivity contribution >= 4 is 7.28 Å². The molecule has 0 aromatic carbocycles. The summed E-state index contributed by atoms with van der Waals surface area (Å²) < 4.78 is 18.1. The Balaban J connectivity index is 1.45. The van der Waals surface area contributed by atoms with E-state index in [2.05, 4.69) is 20.8 Å². The van der Waals surface area contributed by atoms with Crippen LogP contribution < -0.4 is 0 Å². The average Bonchev–Trinajstić information content (AvgIpc) is 2.38. The summed E-state index contributed by atoms with van der Waals surface area (Å²) >= 11 is 0. The van der Waals surface area contributed by atoms with Crippen LogP contribution in [0.5, 0.6) is 0 Å². The summed E-state index contributed by atoms with van der Waals surface area (Å²) in [5.41, 5.74) is 0. The molecule has 0 radical (unpaired) electrons. The molecule has 0 aromatic heterocycles. The topological polar surface area (TPSA) is 27.7 Å². The van der Waals surface area contributed by atoms with Crippen molar-refractivity contribution in [2.75, 3.05) is 12.3 Å². The molecule has 3 nitrogen and oxygen atoms in total. The van der Waals surface area contributed by atoms with Crippen molar-refractivity contribution in [2.45, 2.75) is 91.0 Å². The molecule has 0 spiro atoms. The zero-order valence-electron chi connectivity index (χ0n) is 13.7. The van der Waals surface area contributed by atoms with Crippen molar-refractivity contribution in [1.29, 1.82) is 0 Å². The molecule has 0 unspecified atom stereocenters. The minimum atomic E-state index is -2.48. The summed E-state index contributed by atoms with van der Waals surface area (Å²) in [7, 11) is -2.48. The van der Waals surface area contributed by atoms with E-state index in [4.69, 9.17) is 13.6 Å². The molecule has 0 aromatic rings. The standard InChI is InChI=1S/C16H33O3P/c1-4-7-8-9-10-11-12-13-14-15-16-17-20(5-2,6-3,18-16)19-16/h4-15H2,1-3H3. The molecular weight excluding hydrogens is 271 g/mol. The van der Waals surface area contributed by atoms with Crippen LogP contribution in [-0.2, 0) is 13.6 Å². The van der Waals surface area contributed by atoms with Crippen LogP contribution in [0.1, 0.15) is 85.0 Å². The van der Waals surface area contributed by atoms with Gasteiger partial charge in [-0.25, -0.2) is 0 Å². The van der Waals surface area contributed by atoms with Crippen LogP contribution in [0.3, 0.4) is 0 Å². The second-order valence-electron chi connectivity index (χ2n) is 6.39. The molecule has 3 aliphatic rings. The quantitative estimate of drug-likeness (QED) is 0.328. The molecule has 0 aliphatic carbocycles. The van der Waals surface area contributed by atoms with Crippen LogP contribution in [0, 0.1) is 0 Å². The van der Waals surface area contributed by atoms with E-state index in [1.165, 1.54) is 51.4 Å². The van der Waals surface area contributed by atoms with Gasteiger partial charge in [-0.2, -0.15) is 0 Å². The number of hydrogen-bond acceptors (Lipinski definition) is 3. The van der Waals surface area contributed by atoms with Gasteiger partial charge >= 0.3 is 117 Å². The van der Waals surface area contributed by atoms with E-state index in [9.17, 15) is 0 Å². The second kappa shape index (κ2) is 6.60. The molecule has 0 atom stereocenters. The van der Waals surface area contributed by atoms with Crippen LogP contribution >= 0.6 is 7.28 Å².